The third-order valence-electron chi connectivity index (χ3n) is 2.62. The lowest BCUT2D eigenvalue weighted by molar-refractivity contribution is -0.150. The molecule has 0 spiro atoms. The van der Waals surface area contributed by atoms with E-state index in [-0.39, 0.29) is 24.3 Å². The van der Waals surface area contributed by atoms with Crippen molar-refractivity contribution in [3.8, 4) is 0 Å². The van der Waals surface area contributed by atoms with Crippen LogP contribution in [0.25, 0.3) is 0 Å². The summed E-state index contributed by atoms with van der Waals surface area (Å²) in [4.78, 5) is 25.0. The van der Waals surface area contributed by atoms with E-state index in [1.54, 1.807) is 13.0 Å². The quantitative estimate of drug-likeness (QED) is 0.482. The number of amides is 1. The predicted molar refractivity (Wildman–Crippen MR) is 67.5 cm³/mol. The lowest BCUT2D eigenvalue weighted by Crippen LogP contribution is -2.40. The number of carbonyl (C=O) groups excluding carboxylic acids is 2. The van der Waals surface area contributed by atoms with E-state index in [2.05, 4.69) is 6.58 Å². The highest BCUT2D eigenvalue weighted by Gasteiger charge is 2.22. The molecule has 4 nitrogen and oxygen atoms in total. The van der Waals surface area contributed by atoms with Gasteiger partial charge < -0.3 is 9.64 Å². The van der Waals surface area contributed by atoms with Gasteiger partial charge in [-0.3, -0.25) is 9.59 Å². The second-order valence-corrected chi connectivity index (χ2v) is 3.83. The van der Waals surface area contributed by atoms with Crippen molar-refractivity contribution in [2.75, 3.05) is 19.7 Å². The van der Waals surface area contributed by atoms with Gasteiger partial charge in [0.2, 0.25) is 5.91 Å². The highest BCUT2D eigenvalue weighted by molar-refractivity contribution is 5.83. The third-order valence-corrected chi connectivity index (χ3v) is 2.62. The van der Waals surface area contributed by atoms with Crippen LogP contribution in [0, 0.1) is 5.92 Å². The van der Waals surface area contributed by atoms with Gasteiger partial charge in [0.25, 0.3) is 0 Å². The SMILES string of the molecule is C=CCN(CC(=O)OCC)C(=O)C(CC)CC. The molecule has 0 fully saturated rings. The Morgan fingerprint density at radius 2 is 1.88 bits per heavy atom. The van der Waals surface area contributed by atoms with Crippen molar-refractivity contribution >= 4 is 11.9 Å². The van der Waals surface area contributed by atoms with Gasteiger partial charge in [-0.05, 0) is 19.8 Å². The standard InChI is InChI=1S/C13H23NO3/c1-5-9-14(10-12(15)17-8-4)13(16)11(6-2)7-3/h5,11H,1,6-10H2,2-4H3. The summed E-state index contributed by atoms with van der Waals surface area (Å²) in [6.07, 6.45) is 3.19. The number of carbonyl (C=O) groups is 2. The minimum Gasteiger partial charge on any atom is -0.465 e. The zero-order valence-electron chi connectivity index (χ0n) is 11.1. The molecule has 98 valence electrons. The summed E-state index contributed by atoms with van der Waals surface area (Å²) in [6, 6.07) is 0. The number of nitrogens with zero attached hydrogens (tertiary/aromatic N) is 1. The van der Waals surface area contributed by atoms with Crippen LogP contribution in [0.4, 0.5) is 0 Å². The summed E-state index contributed by atoms with van der Waals surface area (Å²) in [5.41, 5.74) is 0. The zero-order valence-corrected chi connectivity index (χ0v) is 11.1. The molecule has 17 heavy (non-hydrogen) atoms. The molecule has 0 saturated carbocycles. The first-order chi connectivity index (χ1) is 8.10. The molecule has 1 amide bonds. The fourth-order valence-corrected chi connectivity index (χ4v) is 1.65. The topological polar surface area (TPSA) is 46.6 Å². The van der Waals surface area contributed by atoms with Gasteiger partial charge >= 0.3 is 5.97 Å². The molecule has 0 aliphatic rings. The molecule has 0 radical (unpaired) electrons. The molecule has 0 aliphatic heterocycles. The Bertz CT molecular complexity index is 259. The van der Waals surface area contributed by atoms with Gasteiger partial charge in [-0.2, -0.15) is 0 Å². The van der Waals surface area contributed by atoms with Crippen molar-refractivity contribution in [1.29, 1.82) is 0 Å². The van der Waals surface area contributed by atoms with Crippen LogP contribution in [-0.2, 0) is 14.3 Å². The molecule has 0 aromatic carbocycles. The smallest absolute Gasteiger partial charge is 0.325 e. The second kappa shape index (κ2) is 8.79. The molecule has 0 atom stereocenters. The third kappa shape index (κ3) is 5.52. The summed E-state index contributed by atoms with van der Waals surface area (Å²) in [6.45, 7) is 10.0. The first-order valence-corrected chi connectivity index (χ1v) is 6.15. The zero-order chi connectivity index (χ0) is 13.3. The molecular weight excluding hydrogens is 218 g/mol. The van der Waals surface area contributed by atoms with E-state index in [9.17, 15) is 9.59 Å². The number of hydrogen-bond donors (Lipinski definition) is 0. The van der Waals surface area contributed by atoms with Gasteiger partial charge in [-0.25, -0.2) is 0 Å². The van der Waals surface area contributed by atoms with Crippen LogP contribution >= 0.6 is 0 Å². The number of rotatable bonds is 8. The van der Waals surface area contributed by atoms with Crippen molar-refractivity contribution < 1.29 is 14.3 Å². The Labute approximate surface area is 104 Å². The molecule has 0 bridgehead atoms. The molecule has 0 N–H and O–H groups in total. The molecule has 0 saturated heterocycles. The largest absolute Gasteiger partial charge is 0.465 e. The molecular formula is C13H23NO3. The monoisotopic (exact) mass is 241 g/mol. The lowest BCUT2D eigenvalue weighted by Gasteiger charge is -2.24. The Kier molecular flexibility index (Phi) is 8.11. The maximum Gasteiger partial charge on any atom is 0.325 e. The van der Waals surface area contributed by atoms with E-state index >= 15 is 0 Å². The van der Waals surface area contributed by atoms with E-state index < -0.39 is 0 Å². The van der Waals surface area contributed by atoms with Crippen molar-refractivity contribution in [3.63, 3.8) is 0 Å². The first kappa shape index (κ1) is 15.7. The van der Waals surface area contributed by atoms with Gasteiger partial charge in [-0.15, -0.1) is 6.58 Å². The highest BCUT2D eigenvalue weighted by Crippen LogP contribution is 2.12. The molecule has 0 aromatic heterocycles. The summed E-state index contributed by atoms with van der Waals surface area (Å²) < 4.78 is 4.85. The maximum absolute atomic E-state index is 12.1. The van der Waals surface area contributed by atoms with Gasteiger partial charge in [0.1, 0.15) is 6.54 Å². The minimum absolute atomic E-state index is 0.00273. The van der Waals surface area contributed by atoms with Gasteiger partial charge in [0.05, 0.1) is 6.61 Å². The van der Waals surface area contributed by atoms with Gasteiger partial charge in [0, 0.05) is 12.5 Å². The van der Waals surface area contributed by atoms with Crippen LogP contribution in [0.3, 0.4) is 0 Å². The van der Waals surface area contributed by atoms with Crippen LogP contribution in [-0.4, -0.2) is 36.5 Å². The Morgan fingerprint density at radius 3 is 2.29 bits per heavy atom. The van der Waals surface area contributed by atoms with E-state index in [1.165, 1.54) is 4.90 Å². The Morgan fingerprint density at radius 1 is 1.29 bits per heavy atom. The van der Waals surface area contributed by atoms with Gasteiger partial charge in [-0.1, -0.05) is 19.9 Å². The fraction of sp³-hybridized carbons (Fsp3) is 0.692. The number of hydrogen-bond acceptors (Lipinski definition) is 3. The molecule has 0 rings (SSSR count). The van der Waals surface area contributed by atoms with E-state index in [1.807, 2.05) is 13.8 Å². The molecule has 0 heterocycles. The van der Waals surface area contributed by atoms with E-state index in [4.69, 9.17) is 4.74 Å². The maximum atomic E-state index is 12.1. The predicted octanol–water partition coefficient (Wildman–Crippen LogP) is 2.00. The lowest BCUT2D eigenvalue weighted by atomic mass is 10.0. The first-order valence-electron chi connectivity index (χ1n) is 6.15. The fourth-order valence-electron chi connectivity index (χ4n) is 1.65. The van der Waals surface area contributed by atoms with Crippen LogP contribution in [0.1, 0.15) is 33.6 Å². The van der Waals surface area contributed by atoms with E-state index in [0.717, 1.165) is 12.8 Å². The molecule has 0 aliphatic carbocycles. The van der Waals surface area contributed by atoms with Crippen LogP contribution in [0.5, 0.6) is 0 Å². The number of esters is 1. The van der Waals surface area contributed by atoms with Crippen molar-refractivity contribution in [2.45, 2.75) is 33.6 Å². The molecule has 0 aromatic rings. The normalized spacial score (nSPS) is 10.1. The molecule has 4 heteroatoms. The average Bonchev–Trinajstić information content (AvgIpc) is 2.30. The average molecular weight is 241 g/mol. The summed E-state index contributed by atoms with van der Waals surface area (Å²) >= 11 is 0. The summed E-state index contributed by atoms with van der Waals surface area (Å²) in [5, 5.41) is 0. The van der Waals surface area contributed by atoms with Crippen molar-refractivity contribution in [3.05, 3.63) is 12.7 Å². The van der Waals surface area contributed by atoms with Gasteiger partial charge in [0.15, 0.2) is 0 Å². The van der Waals surface area contributed by atoms with Crippen LogP contribution in [0.2, 0.25) is 0 Å². The highest BCUT2D eigenvalue weighted by atomic mass is 16.5. The second-order valence-electron chi connectivity index (χ2n) is 3.83. The van der Waals surface area contributed by atoms with Crippen molar-refractivity contribution in [2.24, 2.45) is 5.92 Å². The Hall–Kier alpha value is -1.32. The van der Waals surface area contributed by atoms with Crippen LogP contribution in [0.15, 0.2) is 12.7 Å². The summed E-state index contributed by atoms with van der Waals surface area (Å²) in [7, 11) is 0. The minimum atomic E-state index is -0.367. The Balaban J connectivity index is 4.54. The molecule has 0 unspecified atom stereocenters. The van der Waals surface area contributed by atoms with E-state index in [0.29, 0.717) is 13.2 Å². The summed E-state index contributed by atoms with van der Waals surface area (Å²) in [5.74, 6) is -0.388. The van der Waals surface area contributed by atoms with Crippen molar-refractivity contribution in [1.82, 2.24) is 4.90 Å². The van der Waals surface area contributed by atoms with Crippen LogP contribution < -0.4 is 0 Å². The number of ether oxygens (including phenoxy) is 1.